The van der Waals surface area contributed by atoms with Crippen LogP contribution in [-0.4, -0.2) is 35.7 Å². The number of nitrogens with one attached hydrogen (secondary N) is 1. The molecule has 0 aliphatic heterocycles. The Morgan fingerprint density at radius 1 is 1.21 bits per heavy atom. The van der Waals surface area contributed by atoms with Crippen LogP contribution in [0.5, 0.6) is 0 Å². The second kappa shape index (κ2) is 7.68. The number of hydrogen-bond acceptors (Lipinski definition) is 4. The SMILES string of the molecule is O=C(COC(=O)CC12C[C@@H]3C[C@@H](CC(O)(C3)C1)C2)NCCc1cccc(Cl)c1. The molecule has 1 aromatic carbocycles. The van der Waals surface area contributed by atoms with Crippen LogP contribution in [0.4, 0.5) is 0 Å². The standard InChI is InChI=1S/C22H28ClNO4/c23-18-3-1-2-15(7-18)4-5-24-19(25)13-28-20(26)12-21-8-16-6-17(9-21)11-22(27,10-16)14-21/h1-3,7,16-17,27H,4-6,8-14H2,(H,24,25)/t16-,17+,21?,22?. The van der Waals surface area contributed by atoms with Crippen molar-refractivity contribution in [1.82, 2.24) is 5.32 Å². The zero-order valence-electron chi connectivity index (χ0n) is 16.1. The smallest absolute Gasteiger partial charge is 0.306 e. The van der Waals surface area contributed by atoms with Crippen molar-refractivity contribution in [3.63, 3.8) is 0 Å². The molecule has 2 unspecified atom stereocenters. The molecule has 0 radical (unpaired) electrons. The van der Waals surface area contributed by atoms with E-state index in [1.54, 1.807) is 0 Å². The first-order valence-corrected chi connectivity index (χ1v) is 10.6. The minimum absolute atomic E-state index is 0.126. The highest BCUT2D eigenvalue weighted by Crippen LogP contribution is 2.62. The first-order valence-electron chi connectivity index (χ1n) is 10.2. The highest BCUT2D eigenvalue weighted by atomic mass is 35.5. The number of esters is 1. The maximum absolute atomic E-state index is 12.4. The van der Waals surface area contributed by atoms with Gasteiger partial charge >= 0.3 is 5.97 Å². The molecule has 0 heterocycles. The van der Waals surface area contributed by atoms with Crippen molar-refractivity contribution >= 4 is 23.5 Å². The molecule has 4 atom stereocenters. The molecule has 6 heteroatoms. The summed E-state index contributed by atoms with van der Waals surface area (Å²) in [5.41, 5.74) is 0.339. The van der Waals surface area contributed by atoms with Gasteiger partial charge in [-0.2, -0.15) is 0 Å². The Balaban J connectivity index is 1.20. The molecule has 0 saturated heterocycles. The maximum Gasteiger partial charge on any atom is 0.306 e. The van der Waals surface area contributed by atoms with Gasteiger partial charge in [-0.05, 0) is 79.9 Å². The van der Waals surface area contributed by atoms with Crippen molar-refractivity contribution in [2.45, 2.75) is 57.0 Å². The number of halogens is 1. The molecule has 4 saturated carbocycles. The summed E-state index contributed by atoms with van der Waals surface area (Å²) in [7, 11) is 0. The first-order chi connectivity index (χ1) is 13.3. The predicted molar refractivity (Wildman–Crippen MR) is 106 cm³/mol. The number of ether oxygens (including phenoxy) is 1. The van der Waals surface area contributed by atoms with E-state index in [1.165, 1.54) is 6.42 Å². The Labute approximate surface area is 170 Å². The lowest BCUT2D eigenvalue weighted by molar-refractivity contribution is -0.177. The average Bonchev–Trinajstić information content (AvgIpc) is 2.57. The Hall–Kier alpha value is -1.59. The lowest BCUT2D eigenvalue weighted by atomic mass is 9.47. The van der Waals surface area contributed by atoms with E-state index in [2.05, 4.69) is 5.32 Å². The third kappa shape index (κ3) is 4.52. The number of amides is 1. The van der Waals surface area contributed by atoms with Crippen molar-refractivity contribution in [2.75, 3.05) is 13.2 Å². The topological polar surface area (TPSA) is 75.6 Å². The minimum atomic E-state index is -0.581. The molecule has 4 aliphatic rings. The third-order valence-corrected chi connectivity index (χ3v) is 6.89. The summed E-state index contributed by atoms with van der Waals surface area (Å²) in [5.74, 6) is 0.456. The number of benzene rings is 1. The Kier molecular flexibility index (Phi) is 5.41. The monoisotopic (exact) mass is 405 g/mol. The van der Waals surface area contributed by atoms with Gasteiger partial charge in [0.15, 0.2) is 6.61 Å². The second-order valence-corrected chi connectivity index (χ2v) is 9.69. The fraction of sp³-hybridized carbons (Fsp3) is 0.636. The predicted octanol–water partition coefficient (Wildman–Crippen LogP) is 3.26. The van der Waals surface area contributed by atoms with Crippen LogP contribution in [0.3, 0.4) is 0 Å². The molecule has 4 fully saturated rings. The lowest BCUT2D eigenvalue weighted by Gasteiger charge is -2.60. The molecule has 1 amide bonds. The molecule has 152 valence electrons. The largest absolute Gasteiger partial charge is 0.456 e. The summed E-state index contributed by atoms with van der Waals surface area (Å²) in [5, 5.41) is 14.2. The summed E-state index contributed by atoms with van der Waals surface area (Å²) in [6, 6.07) is 7.51. The Morgan fingerprint density at radius 3 is 2.64 bits per heavy atom. The zero-order valence-corrected chi connectivity index (χ0v) is 16.8. The van der Waals surface area contributed by atoms with Gasteiger partial charge in [0.25, 0.3) is 5.91 Å². The van der Waals surface area contributed by atoms with Gasteiger partial charge in [0.1, 0.15) is 0 Å². The lowest BCUT2D eigenvalue weighted by Crippen LogP contribution is -2.56. The van der Waals surface area contributed by atoms with Crippen LogP contribution in [0.2, 0.25) is 5.02 Å². The third-order valence-electron chi connectivity index (χ3n) is 6.66. The van der Waals surface area contributed by atoms with E-state index in [9.17, 15) is 14.7 Å². The van der Waals surface area contributed by atoms with E-state index in [4.69, 9.17) is 16.3 Å². The Morgan fingerprint density at radius 2 is 1.96 bits per heavy atom. The van der Waals surface area contributed by atoms with Gasteiger partial charge in [-0.1, -0.05) is 23.7 Å². The highest BCUT2D eigenvalue weighted by molar-refractivity contribution is 6.30. The molecule has 0 aromatic heterocycles. The fourth-order valence-corrected chi connectivity index (χ4v) is 6.41. The van der Waals surface area contributed by atoms with E-state index < -0.39 is 5.60 Å². The van der Waals surface area contributed by atoms with E-state index in [-0.39, 0.29) is 23.9 Å². The number of carbonyl (C=O) groups is 2. The highest BCUT2D eigenvalue weighted by Gasteiger charge is 2.57. The molecule has 0 spiro atoms. The molecular weight excluding hydrogens is 378 g/mol. The van der Waals surface area contributed by atoms with Gasteiger partial charge in [0.05, 0.1) is 12.0 Å². The zero-order chi connectivity index (χ0) is 19.8. The number of hydrogen-bond donors (Lipinski definition) is 2. The molecule has 4 bridgehead atoms. The summed E-state index contributed by atoms with van der Waals surface area (Å²) in [6.07, 6.45) is 6.66. The van der Waals surface area contributed by atoms with Crippen molar-refractivity contribution in [3.8, 4) is 0 Å². The van der Waals surface area contributed by atoms with Gasteiger partial charge in [-0.3, -0.25) is 9.59 Å². The number of aliphatic hydroxyl groups is 1. The van der Waals surface area contributed by atoms with Crippen molar-refractivity contribution in [1.29, 1.82) is 0 Å². The van der Waals surface area contributed by atoms with E-state index in [0.29, 0.717) is 42.7 Å². The Bertz CT molecular complexity index is 751. The van der Waals surface area contributed by atoms with Gasteiger partial charge in [-0.25, -0.2) is 0 Å². The van der Waals surface area contributed by atoms with Crippen molar-refractivity contribution in [3.05, 3.63) is 34.9 Å². The van der Waals surface area contributed by atoms with Crippen LogP contribution in [-0.2, 0) is 20.7 Å². The first kappa shape index (κ1) is 19.7. The quantitative estimate of drug-likeness (QED) is 0.683. The molecular formula is C22H28ClNO4. The molecule has 1 aromatic rings. The van der Waals surface area contributed by atoms with E-state index in [1.807, 2.05) is 24.3 Å². The molecule has 5 rings (SSSR count). The van der Waals surface area contributed by atoms with Crippen LogP contribution in [0, 0.1) is 17.3 Å². The summed E-state index contributed by atoms with van der Waals surface area (Å²) in [6.45, 7) is 0.221. The van der Waals surface area contributed by atoms with Crippen molar-refractivity contribution in [2.24, 2.45) is 17.3 Å². The molecule has 4 aliphatic carbocycles. The number of rotatable bonds is 7. The van der Waals surface area contributed by atoms with Crippen LogP contribution >= 0.6 is 11.6 Å². The molecule has 28 heavy (non-hydrogen) atoms. The number of carbonyl (C=O) groups excluding carboxylic acids is 2. The maximum atomic E-state index is 12.4. The van der Waals surface area contributed by atoms with Crippen LogP contribution in [0.15, 0.2) is 24.3 Å². The van der Waals surface area contributed by atoms with E-state index in [0.717, 1.165) is 31.2 Å². The van der Waals surface area contributed by atoms with Crippen LogP contribution in [0.25, 0.3) is 0 Å². The summed E-state index contributed by atoms with van der Waals surface area (Å²) >= 11 is 5.95. The van der Waals surface area contributed by atoms with Crippen molar-refractivity contribution < 1.29 is 19.4 Å². The molecule has 2 N–H and O–H groups in total. The fourth-order valence-electron chi connectivity index (χ4n) is 6.20. The molecule has 5 nitrogen and oxygen atoms in total. The average molecular weight is 406 g/mol. The second-order valence-electron chi connectivity index (χ2n) is 9.25. The van der Waals surface area contributed by atoms with Crippen LogP contribution in [0.1, 0.15) is 50.5 Å². The summed E-state index contributed by atoms with van der Waals surface area (Å²) < 4.78 is 5.24. The van der Waals surface area contributed by atoms with Gasteiger partial charge in [0, 0.05) is 11.6 Å². The van der Waals surface area contributed by atoms with Gasteiger partial charge in [0.2, 0.25) is 0 Å². The van der Waals surface area contributed by atoms with Gasteiger partial charge < -0.3 is 15.2 Å². The van der Waals surface area contributed by atoms with Crippen LogP contribution < -0.4 is 5.32 Å². The van der Waals surface area contributed by atoms with E-state index >= 15 is 0 Å². The normalized spacial score (nSPS) is 32.9. The summed E-state index contributed by atoms with van der Waals surface area (Å²) in [4.78, 5) is 24.3. The van der Waals surface area contributed by atoms with Gasteiger partial charge in [-0.15, -0.1) is 0 Å². The minimum Gasteiger partial charge on any atom is -0.456 e.